The first-order valence-corrected chi connectivity index (χ1v) is 6.65. The van der Waals surface area contributed by atoms with Crippen molar-refractivity contribution in [3.05, 3.63) is 40.9 Å². The molecule has 0 unspecified atom stereocenters. The molecule has 3 rings (SSSR count). The molecule has 2 N–H and O–H groups in total. The highest BCUT2D eigenvalue weighted by molar-refractivity contribution is 7.80. The van der Waals surface area contributed by atoms with E-state index in [1.165, 1.54) is 0 Å². The molecule has 0 amide bonds. The molecule has 2 heterocycles. The van der Waals surface area contributed by atoms with Gasteiger partial charge in [0.25, 0.3) is 0 Å². The summed E-state index contributed by atoms with van der Waals surface area (Å²) in [6.45, 7) is 2.40. The first-order chi connectivity index (χ1) is 9.15. The van der Waals surface area contributed by atoms with Gasteiger partial charge in [0.05, 0.1) is 6.54 Å². The fourth-order valence-electron chi connectivity index (χ4n) is 2.25. The second-order valence-electron chi connectivity index (χ2n) is 4.39. The van der Waals surface area contributed by atoms with Crippen molar-refractivity contribution in [2.45, 2.75) is 13.1 Å². The van der Waals surface area contributed by atoms with E-state index in [1.54, 1.807) is 12.4 Å². The lowest BCUT2D eigenvalue weighted by molar-refractivity contribution is 0.560. The van der Waals surface area contributed by atoms with Gasteiger partial charge in [-0.25, -0.2) is 0 Å². The lowest BCUT2D eigenvalue weighted by Crippen LogP contribution is -2.34. The molecule has 1 aromatic heterocycles. The summed E-state index contributed by atoms with van der Waals surface area (Å²) in [6, 6.07) is 5.60. The fraction of sp³-hybridized carbons (Fsp3) is 0.250. The van der Waals surface area contributed by atoms with Gasteiger partial charge in [-0.3, -0.25) is 0 Å². The topological polar surface area (TPSA) is 60.0 Å². The number of hydrogen-bond donors (Lipinski definition) is 1. The van der Waals surface area contributed by atoms with Gasteiger partial charge in [0.1, 0.15) is 11.3 Å². The molecule has 19 heavy (non-hydrogen) atoms. The van der Waals surface area contributed by atoms with Crippen LogP contribution in [0.5, 0.6) is 0 Å². The molecule has 0 saturated heterocycles. The number of anilines is 1. The average Bonchev–Trinajstić information content (AvgIpc) is 2.85. The van der Waals surface area contributed by atoms with Crippen molar-refractivity contribution < 1.29 is 0 Å². The van der Waals surface area contributed by atoms with Crippen molar-refractivity contribution in [2.75, 3.05) is 11.4 Å². The molecule has 0 fully saturated rings. The number of nitrogens with two attached hydrogens (primary N) is 1. The molecule has 0 spiro atoms. The van der Waals surface area contributed by atoms with Gasteiger partial charge in [-0.15, -0.1) is 10.2 Å². The van der Waals surface area contributed by atoms with Crippen molar-refractivity contribution in [1.82, 2.24) is 14.8 Å². The maximum atomic E-state index is 6.00. The number of fused-ring (bicyclic) bond motifs is 1. The van der Waals surface area contributed by atoms with Crippen molar-refractivity contribution in [3.8, 4) is 0 Å². The molecule has 7 heteroatoms. The minimum absolute atomic E-state index is 0.351. The van der Waals surface area contributed by atoms with Crippen LogP contribution in [0.3, 0.4) is 0 Å². The van der Waals surface area contributed by atoms with Crippen LogP contribution in [0.4, 0.5) is 5.69 Å². The zero-order chi connectivity index (χ0) is 13.4. The first-order valence-electron chi connectivity index (χ1n) is 5.86. The summed E-state index contributed by atoms with van der Waals surface area (Å²) in [5, 5.41) is 8.66. The third-order valence-corrected chi connectivity index (χ3v) is 3.66. The second-order valence-corrected chi connectivity index (χ2v) is 5.26. The third kappa shape index (κ3) is 2.29. The van der Waals surface area contributed by atoms with Gasteiger partial charge in [0, 0.05) is 29.4 Å². The van der Waals surface area contributed by atoms with Gasteiger partial charge in [0.15, 0.2) is 5.82 Å². The van der Waals surface area contributed by atoms with Crippen LogP contribution < -0.4 is 10.6 Å². The molecule has 0 radical (unpaired) electrons. The van der Waals surface area contributed by atoms with Crippen LogP contribution in [0.1, 0.15) is 11.4 Å². The monoisotopic (exact) mass is 293 g/mol. The molecule has 1 aliphatic rings. The molecule has 0 aliphatic carbocycles. The molecular weight excluding hydrogens is 282 g/mol. The van der Waals surface area contributed by atoms with E-state index in [-0.39, 0.29) is 0 Å². The molecule has 5 nitrogen and oxygen atoms in total. The number of thiocarbonyl (C=S) groups is 1. The average molecular weight is 294 g/mol. The molecule has 1 aromatic carbocycles. The molecule has 0 saturated carbocycles. The van der Waals surface area contributed by atoms with Crippen molar-refractivity contribution in [3.63, 3.8) is 0 Å². The Labute approximate surface area is 121 Å². The Hall–Kier alpha value is -1.66. The Morgan fingerprint density at radius 1 is 1.37 bits per heavy atom. The number of aromatic nitrogens is 3. The molecular formula is C12H12ClN5S. The molecule has 0 atom stereocenters. The van der Waals surface area contributed by atoms with E-state index >= 15 is 0 Å². The highest BCUT2D eigenvalue weighted by atomic mass is 35.5. The van der Waals surface area contributed by atoms with E-state index in [0.717, 1.165) is 30.2 Å². The minimum atomic E-state index is 0.351. The van der Waals surface area contributed by atoms with Crippen molar-refractivity contribution in [2.24, 2.45) is 5.73 Å². The van der Waals surface area contributed by atoms with E-state index in [1.807, 2.05) is 16.7 Å². The van der Waals surface area contributed by atoms with E-state index in [2.05, 4.69) is 15.1 Å². The number of nitrogens with zero attached hydrogens (tertiary/aromatic N) is 4. The van der Waals surface area contributed by atoms with E-state index in [9.17, 15) is 0 Å². The summed E-state index contributed by atoms with van der Waals surface area (Å²) in [4.78, 5) is 2.54. The lowest BCUT2D eigenvalue weighted by Gasteiger charge is -2.30. The molecule has 98 valence electrons. The molecule has 2 aromatic rings. The Morgan fingerprint density at radius 3 is 3.00 bits per heavy atom. The van der Waals surface area contributed by atoms with Gasteiger partial charge in [-0.1, -0.05) is 23.8 Å². The number of hydrogen-bond acceptors (Lipinski definition) is 4. The summed E-state index contributed by atoms with van der Waals surface area (Å²) in [5.74, 6) is 0.940. The Morgan fingerprint density at radius 2 is 2.21 bits per heavy atom. The number of halogens is 1. The van der Waals surface area contributed by atoms with E-state index in [4.69, 9.17) is 29.6 Å². The number of benzene rings is 1. The highest BCUT2D eigenvalue weighted by Gasteiger charge is 2.20. The van der Waals surface area contributed by atoms with Gasteiger partial charge < -0.3 is 15.2 Å². The summed E-state index contributed by atoms with van der Waals surface area (Å²) in [7, 11) is 0. The summed E-state index contributed by atoms with van der Waals surface area (Å²) < 4.78 is 2.05. The highest BCUT2D eigenvalue weighted by Crippen LogP contribution is 2.27. The Kier molecular flexibility index (Phi) is 3.12. The zero-order valence-corrected chi connectivity index (χ0v) is 11.7. The smallest absolute Gasteiger partial charge is 0.152 e. The summed E-state index contributed by atoms with van der Waals surface area (Å²) in [6.07, 6.45) is 1.75. The minimum Gasteiger partial charge on any atom is -0.389 e. The fourth-order valence-corrected chi connectivity index (χ4v) is 2.59. The van der Waals surface area contributed by atoms with E-state index in [0.29, 0.717) is 16.6 Å². The van der Waals surface area contributed by atoms with Crippen LogP contribution in [0, 0.1) is 0 Å². The third-order valence-electron chi connectivity index (χ3n) is 3.20. The van der Waals surface area contributed by atoms with Gasteiger partial charge in [0.2, 0.25) is 0 Å². The van der Waals surface area contributed by atoms with Crippen LogP contribution in [-0.4, -0.2) is 26.3 Å². The van der Waals surface area contributed by atoms with Gasteiger partial charge in [-0.05, 0) is 18.2 Å². The second kappa shape index (κ2) is 4.79. The lowest BCUT2D eigenvalue weighted by atomic mass is 10.1. The quantitative estimate of drug-likeness (QED) is 0.852. The van der Waals surface area contributed by atoms with Crippen LogP contribution in [0.15, 0.2) is 24.5 Å². The number of rotatable bonds is 2. The molecule has 0 bridgehead atoms. The van der Waals surface area contributed by atoms with Crippen molar-refractivity contribution >= 4 is 34.5 Å². The van der Waals surface area contributed by atoms with Crippen LogP contribution in [0.25, 0.3) is 0 Å². The predicted octanol–water partition coefficient (Wildman–Crippen LogP) is 1.59. The van der Waals surface area contributed by atoms with Crippen LogP contribution in [0.2, 0.25) is 5.02 Å². The van der Waals surface area contributed by atoms with Gasteiger partial charge >= 0.3 is 0 Å². The Balaban J connectivity index is 1.98. The summed E-state index contributed by atoms with van der Waals surface area (Å²) in [5.41, 5.74) is 7.57. The first kappa shape index (κ1) is 12.4. The standard InChI is InChI=1S/C12H12ClN5S/c13-8-1-2-10(9(5-8)12(14)19)17-3-4-18-7-15-16-11(18)6-17/h1-2,5,7H,3-4,6H2,(H2,14,19). The zero-order valence-electron chi connectivity index (χ0n) is 10.1. The SMILES string of the molecule is NC(=S)c1cc(Cl)ccc1N1CCn2cnnc2C1. The maximum Gasteiger partial charge on any atom is 0.152 e. The van der Waals surface area contributed by atoms with Gasteiger partial charge in [-0.2, -0.15) is 0 Å². The van der Waals surface area contributed by atoms with Crippen LogP contribution in [-0.2, 0) is 13.1 Å². The van der Waals surface area contributed by atoms with E-state index < -0.39 is 0 Å². The Bertz CT molecular complexity index is 639. The normalized spacial score (nSPS) is 14.3. The van der Waals surface area contributed by atoms with Crippen LogP contribution >= 0.6 is 23.8 Å². The summed E-state index contributed by atoms with van der Waals surface area (Å²) >= 11 is 11.1. The largest absolute Gasteiger partial charge is 0.389 e. The predicted molar refractivity (Wildman–Crippen MR) is 78.4 cm³/mol. The molecule has 1 aliphatic heterocycles. The maximum absolute atomic E-state index is 6.00. The van der Waals surface area contributed by atoms with Crippen molar-refractivity contribution in [1.29, 1.82) is 0 Å².